The summed E-state index contributed by atoms with van der Waals surface area (Å²) in [6.07, 6.45) is 1.60. The Labute approximate surface area is 152 Å². The van der Waals surface area contributed by atoms with Gasteiger partial charge in [0, 0.05) is 12.1 Å². The number of aromatic nitrogens is 1. The Kier molecular flexibility index (Phi) is 4.71. The molecule has 0 amide bonds. The number of methoxy groups -OCH3 is 1. The summed E-state index contributed by atoms with van der Waals surface area (Å²) in [5.74, 6) is -1.19. The molecular weight excluding hydrogens is 328 g/mol. The van der Waals surface area contributed by atoms with Crippen LogP contribution >= 0.6 is 0 Å². The molecule has 3 rings (SSSR count). The van der Waals surface area contributed by atoms with Gasteiger partial charge in [0.2, 0.25) is 0 Å². The molecule has 0 radical (unpaired) electrons. The van der Waals surface area contributed by atoms with E-state index in [1.807, 2.05) is 31.2 Å². The Morgan fingerprint density at radius 3 is 2.42 bits per heavy atom. The fraction of sp³-hybridized carbons (Fsp3) is 0.300. The SMILES string of the molecule is COC(=O)[C@@H]1N[C@@H](c2ccccn2)C(C#N)(C#N)[C@H]1c1ccc(C)cc1. The molecule has 130 valence electrons. The van der Waals surface area contributed by atoms with Crippen molar-refractivity contribution in [2.24, 2.45) is 5.41 Å². The molecule has 1 N–H and O–H groups in total. The van der Waals surface area contributed by atoms with Crippen molar-refractivity contribution in [1.29, 1.82) is 10.5 Å². The van der Waals surface area contributed by atoms with E-state index in [9.17, 15) is 15.3 Å². The first-order valence-electron chi connectivity index (χ1n) is 8.21. The van der Waals surface area contributed by atoms with Crippen LogP contribution in [-0.2, 0) is 9.53 Å². The first-order chi connectivity index (χ1) is 12.6. The maximum atomic E-state index is 12.4. The molecule has 1 fully saturated rings. The first-order valence-corrected chi connectivity index (χ1v) is 8.21. The molecule has 0 saturated carbocycles. The number of nitrogens with one attached hydrogen (secondary N) is 1. The predicted octanol–water partition coefficient (Wildman–Crippen LogP) is 2.39. The van der Waals surface area contributed by atoms with Gasteiger partial charge in [-0.1, -0.05) is 35.9 Å². The van der Waals surface area contributed by atoms with Crippen LogP contribution in [0.4, 0.5) is 0 Å². The molecule has 1 aliphatic heterocycles. The molecule has 0 aliphatic carbocycles. The van der Waals surface area contributed by atoms with Crippen molar-refractivity contribution in [2.75, 3.05) is 7.11 Å². The molecule has 2 aromatic rings. The summed E-state index contributed by atoms with van der Waals surface area (Å²) in [6, 6.07) is 15.6. The van der Waals surface area contributed by atoms with Crippen LogP contribution in [0.3, 0.4) is 0 Å². The molecule has 0 unspecified atom stereocenters. The normalized spacial score (nSPS) is 23.6. The van der Waals surface area contributed by atoms with Crippen LogP contribution in [0, 0.1) is 35.0 Å². The topological polar surface area (TPSA) is 98.8 Å². The minimum absolute atomic E-state index is 0.510. The smallest absolute Gasteiger partial charge is 0.323 e. The van der Waals surface area contributed by atoms with Crippen LogP contribution in [0.25, 0.3) is 0 Å². The largest absolute Gasteiger partial charge is 0.468 e. The fourth-order valence-electron chi connectivity index (χ4n) is 3.57. The quantitative estimate of drug-likeness (QED) is 0.857. The van der Waals surface area contributed by atoms with Gasteiger partial charge in [-0.05, 0) is 24.6 Å². The van der Waals surface area contributed by atoms with Gasteiger partial charge in [-0.25, -0.2) is 0 Å². The molecule has 2 heterocycles. The lowest BCUT2D eigenvalue weighted by atomic mass is 9.69. The molecule has 6 nitrogen and oxygen atoms in total. The summed E-state index contributed by atoms with van der Waals surface area (Å²) in [5, 5.41) is 23.2. The van der Waals surface area contributed by atoms with E-state index < -0.39 is 29.4 Å². The van der Waals surface area contributed by atoms with Gasteiger partial charge in [-0.3, -0.25) is 15.1 Å². The molecule has 26 heavy (non-hydrogen) atoms. The Morgan fingerprint density at radius 1 is 1.19 bits per heavy atom. The minimum atomic E-state index is -1.50. The second kappa shape index (κ2) is 6.95. The summed E-state index contributed by atoms with van der Waals surface area (Å²) < 4.78 is 4.94. The standard InChI is InChI=1S/C20H18N4O2/c1-13-6-8-14(9-7-13)16-17(19(25)26-2)24-18(20(16,11-21)12-22)15-5-3-4-10-23-15/h3-10,16-18,24H,1-2H3/t16-,17+,18-/m0/s1. The lowest BCUT2D eigenvalue weighted by molar-refractivity contribution is -0.143. The number of ether oxygens (including phenoxy) is 1. The fourth-order valence-corrected chi connectivity index (χ4v) is 3.57. The zero-order valence-corrected chi connectivity index (χ0v) is 14.5. The number of carbonyl (C=O) groups excluding carboxylic acids is 1. The number of aryl methyl sites for hydroxylation is 1. The summed E-state index contributed by atoms with van der Waals surface area (Å²) in [6.45, 7) is 1.95. The molecule has 1 aromatic heterocycles. The van der Waals surface area contributed by atoms with Crippen LogP contribution in [0.15, 0.2) is 48.7 Å². The predicted molar refractivity (Wildman–Crippen MR) is 93.5 cm³/mol. The average Bonchev–Trinajstić information content (AvgIpc) is 3.04. The summed E-state index contributed by atoms with van der Waals surface area (Å²) in [5.41, 5.74) is 0.830. The van der Waals surface area contributed by atoms with Crippen molar-refractivity contribution in [3.8, 4) is 12.1 Å². The molecule has 0 bridgehead atoms. The molecular formula is C20H18N4O2. The van der Waals surface area contributed by atoms with Crippen LogP contribution in [0.2, 0.25) is 0 Å². The third-order valence-electron chi connectivity index (χ3n) is 4.87. The molecule has 0 spiro atoms. The number of hydrogen-bond acceptors (Lipinski definition) is 6. The van der Waals surface area contributed by atoms with Crippen molar-refractivity contribution in [1.82, 2.24) is 10.3 Å². The van der Waals surface area contributed by atoms with Gasteiger partial charge in [-0.15, -0.1) is 0 Å². The van der Waals surface area contributed by atoms with Crippen LogP contribution < -0.4 is 5.32 Å². The number of esters is 1. The third kappa shape index (κ3) is 2.71. The Hall–Kier alpha value is -3.22. The van der Waals surface area contributed by atoms with E-state index in [2.05, 4.69) is 22.4 Å². The van der Waals surface area contributed by atoms with E-state index in [0.717, 1.165) is 11.1 Å². The highest BCUT2D eigenvalue weighted by Crippen LogP contribution is 2.52. The number of pyridine rings is 1. The number of hydrogen-bond donors (Lipinski definition) is 1. The highest BCUT2D eigenvalue weighted by molar-refractivity contribution is 5.79. The third-order valence-corrected chi connectivity index (χ3v) is 4.87. The van der Waals surface area contributed by atoms with Gasteiger partial charge in [0.05, 0.1) is 31.0 Å². The molecule has 1 aliphatic rings. The Balaban J connectivity index is 2.19. The van der Waals surface area contributed by atoms with Gasteiger partial charge in [-0.2, -0.15) is 10.5 Å². The first kappa shape index (κ1) is 17.6. The number of carbonyl (C=O) groups is 1. The average molecular weight is 346 g/mol. The van der Waals surface area contributed by atoms with Crippen LogP contribution in [0.5, 0.6) is 0 Å². The number of nitrogens with zero attached hydrogens (tertiary/aromatic N) is 3. The van der Waals surface area contributed by atoms with Gasteiger partial charge in [0.1, 0.15) is 6.04 Å². The summed E-state index contributed by atoms with van der Waals surface area (Å²) in [7, 11) is 1.30. The van der Waals surface area contributed by atoms with Gasteiger partial charge in [0.25, 0.3) is 0 Å². The lowest BCUT2D eigenvalue weighted by Crippen LogP contribution is -2.37. The van der Waals surface area contributed by atoms with E-state index >= 15 is 0 Å². The van der Waals surface area contributed by atoms with Crippen LogP contribution in [-0.4, -0.2) is 24.1 Å². The summed E-state index contributed by atoms with van der Waals surface area (Å²) >= 11 is 0. The Morgan fingerprint density at radius 2 is 1.88 bits per heavy atom. The van der Waals surface area contributed by atoms with Crippen molar-refractivity contribution in [2.45, 2.75) is 24.9 Å². The van der Waals surface area contributed by atoms with Gasteiger partial charge in [0.15, 0.2) is 5.41 Å². The van der Waals surface area contributed by atoms with Gasteiger partial charge >= 0.3 is 5.97 Å². The zero-order chi connectivity index (χ0) is 18.7. The zero-order valence-electron chi connectivity index (χ0n) is 14.5. The maximum Gasteiger partial charge on any atom is 0.323 e. The minimum Gasteiger partial charge on any atom is -0.468 e. The van der Waals surface area contributed by atoms with E-state index in [1.54, 1.807) is 24.4 Å². The monoisotopic (exact) mass is 346 g/mol. The van der Waals surface area contributed by atoms with Gasteiger partial charge < -0.3 is 4.74 Å². The second-order valence-corrected chi connectivity index (χ2v) is 6.34. The number of nitriles is 2. The van der Waals surface area contributed by atoms with Crippen molar-refractivity contribution < 1.29 is 9.53 Å². The number of rotatable bonds is 3. The van der Waals surface area contributed by atoms with Crippen LogP contribution in [0.1, 0.15) is 28.8 Å². The van der Waals surface area contributed by atoms with Crippen molar-refractivity contribution >= 4 is 5.97 Å². The van der Waals surface area contributed by atoms with E-state index in [-0.39, 0.29) is 0 Å². The molecule has 1 saturated heterocycles. The maximum absolute atomic E-state index is 12.4. The van der Waals surface area contributed by atoms with E-state index in [0.29, 0.717) is 5.69 Å². The molecule has 1 aromatic carbocycles. The molecule has 3 atom stereocenters. The van der Waals surface area contributed by atoms with Crippen molar-refractivity contribution in [3.63, 3.8) is 0 Å². The van der Waals surface area contributed by atoms with E-state index in [4.69, 9.17) is 4.74 Å². The summed E-state index contributed by atoms with van der Waals surface area (Å²) in [4.78, 5) is 16.7. The van der Waals surface area contributed by atoms with Crippen molar-refractivity contribution in [3.05, 3.63) is 65.5 Å². The molecule has 6 heteroatoms. The highest BCUT2D eigenvalue weighted by atomic mass is 16.5. The van der Waals surface area contributed by atoms with E-state index in [1.165, 1.54) is 7.11 Å². The lowest BCUT2D eigenvalue weighted by Gasteiger charge is -2.27. The Bertz CT molecular complexity index is 867. The second-order valence-electron chi connectivity index (χ2n) is 6.34. The highest BCUT2D eigenvalue weighted by Gasteiger charge is 2.60. The number of benzene rings is 1.